The monoisotopic (exact) mass is 970 g/mol. The second-order valence-electron chi connectivity index (χ2n) is 18.2. The molecule has 0 aliphatic rings. The van der Waals surface area contributed by atoms with Crippen molar-refractivity contribution >= 4 is 103 Å². The van der Waals surface area contributed by atoms with Gasteiger partial charge in [0, 0.05) is 70.3 Å². The second kappa shape index (κ2) is 16.7. The third-order valence-electron chi connectivity index (χ3n) is 14.3. The van der Waals surface area contributed by atoms with E-state index in [-0.39, 0.29) is 0 Å². The Morgan fingerprint density at radius 2 is 0.437 bits per heavy atom. The number of benzene rings is 11. The van der Waals surface area contributed by atoms with Gasteiger partial charge in [-0.2, -0.15) is 0 Å². The minimum atomic E-state index is 1.10. The third kappa shape index (κ3) is 6.65. The van der Waals surface area contributed by atoms with Gasteiger partial charge < -0.3 is 18.3 Å². The minimum absolute atomic E-state index is 1.10. The summed E-state index contributed by atoms with van der Waals surface area (Å²) in [7, 11) is 0. The van der Waals surface area contributed by atoms with Crippen LogP contribution in [0.5, 0.6) is 0 Å². The number of para-hydroxylation sites is 7. The Labute approximate surface area is 418 Å². The number of fused-ring (bicyclic) bond motifs is 12. The van der Waals surface area contributed by atoms with Crippen LogP contribution in [0.2, 0.25) is 0 Å². The van der Waals surface area contributed by atoms with Crippen LogP contribution in [0.15, 0.2) is 265 Å². The molecule has 0 aliphatic carbocycles. The molecule has 0 N–H and O–H groups in total. The Kier molecular flexibility index (Phi) is 9.64. The fourth-order valence-electron chi connectivity index (χ4n) is 11.2. The van der Waals surface area contributed by atoms with Gasteiger partial charge in [0.25, 0.3) is 0 Å². The van der Waals surface area contributed by atoms with Gasteiger partial charge in [-0.1, -0.05) is 155 Å². The highest BCUT2D eigenvalue weighted by Crippen LogP contribution is 2.39. The number of hydrogen-bond donors (Lipinski definition) is 0. The highest BCUT2D eigenvalue weighted by Gasteiger charge is 2.18. The standard InChI is InChI=1S/C48H31N3.C18H12BrN/c1-2-12-34(13-3-1)49-45-20-10-6-16-39(45)41-30-32(22-28-47(41)49)33-23-29-48-42(31-33)40-17-7-11-21-46(40)51(48)36-26-24-35(25-27-36)50-43-18-8-4-14-37(43)38-15-5-9-19-44(38)50;19-13-9-11-14(12-10-13)20-17-7-3-1-5-15(17)16-6-2-4-8-18(16)20/h1-31H;1-12H. The lowest BCUT2D eigenvalue weighted by atomic mass is 10.0. The number of nitrogens with zero attached hydrogens (tertiary/aromatic N) is 4. The fourth-order valence-corrected chi connectivity index (χ4v) is 11.4. The molecule has 0 fully saturated rings. The summed E-state index contributed by atoms with van der Waals surface area (Å²) in [4.78, 5) is 0. The first-order valence-corrected chi connectivity index (χ1v) is 24.9. The van der Waals surface area contributed by atoms with Gasteiger partial charge in [-0.25, -0.2) is 0 Å². The van der Waals surface area contributed by atoms with Crippen LogP contribution in [0.25, 0.3) is 121 Å². The van der Waals surface area contributed by atoms with Gasteiger partial charge in [0.05, 0.1) is 44.1 Å². The lowest BCUT2D eigenvalue weighted by Crippen LogP contribution is -1.97. The van der Waals surface area contributed by atoms with Crippen molar-refractivity contribution in [3.8, 4) is 33.9 Å². The normalized spacial score (nSPS) is 11.7. The van der Waals surface area contributed by atoms with E-state index in [0.717, 1.165) is 15.8 Å². The molecule has 0 amide bonds. The maximum absolute atomic E-state index is 3.50. The first-order valence-electron chi connectivity index (χ1n) is 24.1. The smallest absolute Gasteiger partial charge is 0.0541 e. The average Bonchev–Trinajstić information content (AvgIpc) is 4.16. The van der Waals surface area contributed by atoms with Gasteiger partial charge in [-0.15, -0.1) is 0 Å². The molecule has 11 aromatic carbocycles. The molecule has 71 heavy (non-hydrogen) atoms. The molecule has 0 radical (unpaired) electrons. The number of aromatic nitrogens is 4. The zero-order chi connectivity index (χ0) is 47.0. The van der Waals surface area contributed by atoms with Crippen molar-refractivity contribution in [2.45, 2.75) is 0 Å². The van der Waals surface area contributed by atoms with Crippen molar-refractivity contribution in [2.75, 3.05) is 0 Å². The van der Waals surface area contributed by atoms with E-state index in [2.05, 4.69) is 295 Å². The number of halogens is 1. The summed E-state index contributed by atoms with van der Waals surface area (Å²) in [5, 5.41) is 10.2. The van der Waals surface area contributed by atoms with Gasteiger partial charge in [0.2, 0.25) is 0 Å². The van der Waals surface area contributed by atoms with Crippen LogP contribution in [0.3, 0.4) is 0 Å². The largest absolute Gasteiger partial charge is 0.309 e. The molecule has 5 heteroatoms. The number of rotatable bonds is 5. The van der Waals surface area contributed by atoms with Gasteiger partial charge >= 0.3 is 0 Å². The van der Waals surface area contributed by atoms with E-state index in [4.69, 9.17) is 0 Å². The Balaban J connectivity index is 0.000000196. The van der Waals surface area contributed by atoms with Gasteiger partial charge in [-0.05, 0) is 132 Å². The van der Waals surface area contributed by atoms with Crippen molar-refractivity contribution in [3.63, 3.8) is 0 Å². The van der Waals surface area contributed by atoms with E-state index in [1.807, 2.05) is 0 Å². The lowest BCUT2D eigenvalue weighted by Gasteiger charge is -2.12. The van der Waals surface area contributed by atoms with E-state index >= 15 is 0 Å². The molecule has 334 valence electrons. The van der Waals surface area contributed by atoms with E-state index < -0.39 is 0 Å². The number of hydrogen-bond acceptors (Lipinski definition) is 0. The summed E-state index contributed by atoms with van der Waals surface area (Å²) in [6.45, 7) is 0. The van der Waals surface area contributed by atoms with E-state index in [0.29, 0.717) is 0 Å². The van der Waals surface area contributed by atoms with Crippen LogP contribution < -0.4 is 0 Å². The summed E-state index contributed by atoms with van der Waals surface area (Å²) in [5.74, 6) is 0. The summed E-state index contributed by atoms with van der Waals surface area (Å²) in [5.41, 5.74) is 16.9. The van der Waals surface area contributed by atoms with Crippen molar-refractivity contribution in [3.05, 3.63) is 265 Å². The third-order valence-corrected chi connectivity index (χ3v) is 14.8. The van der Waals surface area contributed by atoms with Gasteiger partial charge in [0.15, 0.2) is 0 Å². The quantitative estimate of drug-likeness (QED) is 0.164. The highest BCUT2D eigenvalue weighted by atomic mass is 79.9. The molecular weight excluding hydrogens is 929 g/mol. The molecule has 4 nitrogen and oxygen atoms in total. The van der Waals surface area contributed by atoms with E-state index in [1.165, 1.54) is 110 Å². The molecule has 0 bridgehead atoms. The predicted octanol–water partition coefficient (Wildman–Crippen LogP) is 18.2. The van der Waals surface area contributed by atoms with Crippen LogP contribution in [-0.4, -0.2) is 18.3 Å². The van der Waals surface area contributed by atoms with Crippen molar-refractivity contribution in [2.24, 2.45) is 0 Å². The molecule has 0 spiro atoms. The SMILES string of the molecule is Brc1ccc(-n2c3ccccc3c3ccccc32)cc1.c1ccc(-n2c3ccccc3c3cc(-c4ccc5c(c4)c4ccccc4n5-c4ccc(-n5c6ccccc6c6ccccc65)cc4)ccc32)cc1. The Morgan fingerprint density at radius 1 is 0.197 bits per heavy atom. The first kappa shape index (κ1) is 41.1. The summed E-state index contributed by atoms with van der Waals surface area (Å²) in [6.07, 6.45) is 0. The van der Waals surface area contributed by atoms with E-state index in [9.17, 15) is 0 Å². The molecule has 0 saturated carbocycles. The highest BCUT2D eigenvalue weighted by molar-refractivity contribution is 9.10. The summed E-state index contributed by atoms with van der Waals surface area (Å²) in [6, 6.07) is 94.0. The van der Waals surface area contributed by atoms with Crippen molar-refractivity contribution in [1.29, 1.82) is 0 Å². The molecule has 15 aromatic rings. The second-order valence-corrected chi connectivity index (χ2v) is 19.2. The fraction of sp³-hybridized carbons (Fsp3) is 0. The maximum atomic E-state index is 3.50. The summed E-state index contributed by atoms with van der Waals surface area (Å²) < 4.78 is 10.6. The van der Waals surface area contributed by atoms with Crippen molar-refractivity contribution in [1.82, 2.24) is 18.3 Å². The maximum Gasteiger partial charge on any atom is 0.0541 e. The minimum Gasteiger partial charge on any atom is -0.309 e. The van der Waals surface area contributed by atoms with Crippen LogP contribution in [0.1, 0.15) is 0 Å². The van der Waals surface area contributed by atoms with E-state index in [1.54, 1.807) is 0 Å². The van der Waals surface area contributed by atoms with Crippen LogP contribution in [-0.2, 0) is 0 Å². The zero-order valence-corrected chi connectivity index (χ0v) is 40.1. The van der Waals surface area contributed by atoms with Gasteiger partial charge in [-0.3, -0.25) is 0 Å². The molecule has 0 atom stereocenters. The topological polar surface area (TPSA) is 19.7 Å². The van der Waals surface area contributed by atoms with Crippen LogP contribution in [0, 0.1) is 0 Å². The molecule has 0 unspecified atom stereocenters. The molecule has 0 saturated heterocycles. The lowest BCUT2D eigenvalue weighted by molar-refractivity contribution is 1.14. The average molecular weight is 972 g/mol. The van der Waals surface area contributed by atoms with Crippen LogP contribution in [0.4, 0.5) is 0 Å². The first-order chi connectivity index (χ1) is 35.2. The molecular formula is C66H43BrN4. The predicted molar refractivity (Wildman–Crippen MR) is 303 cm³/mol. The Morgan fingerprint density at radius 3 is 0.761 bits per heavy atom. The van der Waals surface area contributed by atoms with Gasteiger partial charge in [0.1, 0.15) is 0 Å². The molecule has 15 rings (SSSR count). The molecule has 0 aliphatic heterocycles. The Hall–Kier alpha value is -8.90. The summed E-state index contributed by atoms with van der Waals surface area (Å²) >= 11 is 3.50. The zero-order valence-electron chi connectivity index (χ0n) is 38.5. The molecule has 4 heterocycles. The Bertz CT molecular complexity index is 4410. The molecule has 4 aromatic heterocycles. The van der Waals surface area contributed by atoms with Crippen LogP contribution >= 0.6 is 15.9 Å². The van der Waals surface area contributed by atoms with Crippen molar-refractivity contribution < 1.29 is 0 Å².